The molecule has 1 aliphatic rings. The Labute approximate surface area is 147 Å². The Hall–Kier alpha value is -1.23. The number of likely N-dealkylation sites (tertiary alicyclic amines) is 1. The number of carbonyl (C=O) groups excluding carboxylic acids is 1. The second-order valence-corrected chi connectivity index (χ2v) is 8.06. The molecule has 0 atom stereocenters. The molecule has 0 radical (unpaired) electrons. The third-order valence-electron chi connectivity index (χ3n) is 4.12. The zero-order valence-corrected chi connectivity index (χ0v) is 16.1. The minimum atomic E-state index is -0.423. The lowest BCUT2D eigenvalue weighted by molar-refractivity contribution is 0.0188. The lowest BCUT2D eigenvalue weighted by Crippen LogP contribution is -2.42. The highest BCUT2D eigenvalue weighted by Gasteiger charge is 2.26. The van der Waals surface area contributed by atoms with Crippen LogP contribution in [0.1, 0.15) is 39.2 Å². The Kier molecular flexibility index (Phi) is 5.95. The molecular weight excluding hydrogens is 356 g/mol. The average Bonchev–Trinajstić information content (AvgIpc) is 2.47. The number of amides is 1. The van der Waals surface area contributed by atoms with Gasteiger partial charge >= 0.3 is 6.09 Å². The number of anilines is 1. The Morgan fingerprint density at radius 3 is 2.61 bits per heavy atom. The fourth-order valence-corrected chi connectivity index (χ4v) is 3.07. The van der Waals surface area contributed by atoms with Gasteiger partial charge in [-0.2, -0.15) is 0 Å². The fourth-order valence-electron chi connectivity index (χ4n) is 2.70. The van der Waals surface area contributed by atoms with Crippen molar-refractivity contribution in [3.05, 3.63) is 28.2 Å². The summed E-state index contributed by atoms with van der Waals surface area (Å²) in [6.45, 7) is 10.3. The first kappa shape index (κ1) is 18.1. The van der Waals surface area contributed by atoms with Crippen LogP contribution in [-0.4, -0.2) is 36.2 Å². The summed E-state index contributed by atoms with van der Waals surface area (Å²) in [7, 11) is 0. The predicted molar refractivity (Wildman–Crippen MR) is 97.9 cm³/mol. The second-order valence-electron chi connectivity index (χ2n) is 7.20. The predicted octanol–water partition coefficient (Wildman–Crippen LogP) is 4.82. The Balaban J connectivity index is 1.79. The van der Waals surface area contributed by atoms with Crippen LogP contribution in [0.5, 0.6) is 0 Å². The first-order valence-corrected chi connectivity index (χ1v) is 9.02. The van der Waals surface area contributed by atoms with Crippen molar-refractivity contribution >= 4 is 27.7 Å². The van der Waals surface area contributed by atoms with E-state index in [2.05, 4.69) is 40.3 Å². The zero-order valence-electron chi connectivity index (χ0n) is 14.5. The third-order valence-corrected chi connectivity index (χ3v) is 4.97. The molecule has 0 aromatic heterocycles. The smallest absolute Gasteiger partial charge is 0.410 e. The van der Waals surface area contributed by atoms with Gasteiger partial charge in [0, 0.05) is 29.8 Å². The zero-order chi connectivity index (χ0) is 17.0. The third kappa shape index (κ3) is 5.41. The Bertz CT molecular complexity index is 546. The van der Waals surface area contributed by atoms with Crippen molar-refractivity contribution < 1.29 is 9.53 Å². The van der Waals surface area contributed by atoms with Gasteiger partial charge in [-0.15, -0.1) is 0 Å². The fraction of sp³-hybridized carbons (Fsp3) is 0.611. The summed E-state index contributed by atoms with van der Waals surface area (Å²) in [6.07, 6.45) is 1.84. The summed E-state index contributed by atoms with van der Waals surface area (Å²) in [5.41, 5.74) is 1.99. The monoisotopic (exact) mass is 382 g/mol. The number of benzene rings is 1. The normalized spacial score (nSPS) is 16.3. The average molecular weight is 383 g/mol. The minimum absolute atomic E-state index is 0.188. The van der Waals surface area contributed by atoms with Crippen LogP contribution in [0.2, 0.25) is 0 Å². The number of ether oxygens (including phenoxy) is 1. The molecule has 1 heterocycles. The van der Waals surface area contributed by atoms with E-state index >= 15 is 0 Å². The molecule has 5 heteroatoms. The second kappa shape index (κ2) is 7.56. The summed E-state index contributed by atoms with van der Waals surface area (Å²) in [4.78, 5) is 13.9. The summed E-state index contributed by atoms with van der Waals surface area (Å²) in [6, 6.07) is 6.21. The van der Waals surface area contributed by atoms with Gasteiger partial charge in [0.05, 0.1) is 0 Å². The molecule has 1 aliphatic heterocycles. The van der Waals surface area contributed by atoms with Gasteiger partial charge in [-0.05, 0) is 64.2 Å². The van der Waals surface area contributed by atoms with Gasteiger partial charge < -0.3 is 15.0 Å². The molecule has 1 amide bonds. The van der Waals surface area contributed by atoms with Gasteiger partial charge in [0.1, 0.15) is 5.60 Å². The van der Waals surface area contributed by atoms with Crippen molar-refractivity contribution in [1.29, 1.82) is 0 Å². The van der Waals surface area contributed by atoms with Gasteiger partial charge in [0.25, 0.3) is 0 Å². The summed E-state index contributed by atoms with van der Waals surface area (Å²) >= 11 is 3.56. The van der Waals surface area contributed by atoms with Crippen molar-refractivity contribution in [2.45, 2.75) is 46.1 Å². The molecular formula is C18H27BrN2O2. The number of piperidine rings is 1. The Morgan fingerprint density at radius 2 is 2.00 bits per heavy atom. The van der Waals surface area contributed by atoms with E-state index in [1.54, 1.807) is 0 Å². The van der Waals surface area contributed by atoms with Crippen LogP contribution in [0.3, 0.4) is 0 Å². The highest BCUT2D eigenvalue weighted by Crippen LogP contribution is 2.25. The lowest BCUT2D eigenvalue weighted by atomic mass is 9.97. The first-order chi connectivity index (χ1) is 10.8. The van der Waals surface area contributed by atoms with E-state index in [0.29, 0.717) is 5.92 Å². The molecule has 0 unspecified atom stereocenters. The van der Waals surface area contributed by atoms with Crippen LogP contribution in [0, 0.1) is 12.8 Å². The van der Waals surface area contributed by atoms with Crippen molar-refractivity contribution in [3.63, 3.8) is 0 Å². The van der Waals surface area contributed by atoms with Gasteiger partial charge in [-0.3, -0.25) is 0 Å². The maximum Gasteiger partial charge on any atom is 0.410 e. The molecule has 0 saturated carbocycles. The molecule has 23 heavy (non-hydrogen) atoms. The molecule has 1 N–H and O–H groups in total. The molecule has 0 bridgehead atoms. The summed E-state index contributed by atoms with van der Waals surface area (Å²) < 4.78 is 6.56. The van der Waals surface area contributed by atoms with E-state index in [9.17, 15) is 4.79 Å². The van der Waals surface area contributed by atoms with Gasteiger partial charge in [0.2, 0.25) is 0 Å². The van der Waals surface area contributed by atoms with E-state index < -0.39 is 5.60 Å². The highest BCUT2D eigenvalue weighted by molar-refractivity contribution is 9.10. The Morgan fingerprint density at radius 1 is 1.35 bits per heavy atom. The van der Waals surface area contributed by atoms with Crippen LogP contribution < -0.4 is 5.32 Å². The van der Waals surface area contributed by atoms with E-state index in [-0.39, 0.29) is 6.09 Å². The maximum atomic E-state index is 12.1. The molecule has 1 saturated heterocycles. The maximum absolute atomic E-state index is 12.1. The van der Waals surface area contributed by atoms with Crippen molar-refractivity contribution in [2.75, 3.05) is 25.0 Å². The van der Waals surface area contributed by atoms with E-state index in [4.69, 9.17) is 4.74 Å². The van der Waals surface area contributed by atoms with Crippen LogP contribution in [0.25, 0.3) is 0 Å². The number of hydrogen-bond acceptors (Lipinski definition) is 3. The summed E-state index contributed by atoms with van der Waals surface area (Å²) in [5, 5.41) is 3.54. The topological polar surface area (TPSA) is 41.6 Å². The van der Waals surface area contributed by atoms with Gasteiger partial charge in [-0.1, -0.05) is 22.0 Å². The largest absolute Gasteiger partial charge is 0.444 e. The first-order valence-electron chi connectivity index (χ1n) is 8.23. The van der Waals surface area contributed by atoms with Crippen LogP contribution in [0.4, 0.5) is 10.5 Å². The number of halogens is 1. The molecule has 2 rings (SSSR count). The van der Waals surface area contributed by atoms with Crippen molar-refractivity contribution in [2.24, 2.45) is 5.92 Å². The molecule has 0 spiro atoms. The summed E-state index contributed by atoms with van der Waals surface area (Å²) in [5.74, 6) is 0.590. The lowest BCUT2D eigenvalue weighted by Gasteiger charge is -2.33. The quantitative estimate of drug-likeness (QED) is 0.814. The van der Waals surface area contributed by atoms with E-state index in [1.165, 1.54) is 11.3 Å². The van der Waals surface area contributed by atoms with Crippen LogP contribution >= 0.6 is 15.9 Å². The van der Waals surface area contributed by atoms with Gasteiger partial charge in [0.15, 0.2) is 0 Å². The van der Waals surface area contributed by atoms with E-state index in [0.717, 1.165) is 36.9 Å². The number of hydrogen-bond donors (Lipinski definition) is 1. The minimum Gasteiger partial charge on any atom is -0.444 e. The van der Waals surface area contributed by atoms with Crippen molar-refractivity contribution in [3.8, 4) is 0 Å². The van der Waals surface area contributed by atoms with E-state index in [1.807, 2.05) is 31.7 Å². The molecule has 1 aromatic carbocycles. The van der Waals surface area contributed by atoms with Gasteiger partial charge in [-0.25, -0.2) is 4.79 Å². The molecule has 1 fully saturated rings. The molecule has 128 valence electrons. The highest BCUT2D eigenvalue weighted by atomic mass is 79.9. The number of nitrogens with zero attached hydrogens (tertiary/aromatic N) is 1. The SMILES string of the molecule is Cc1c(Br)cccc1NCC1CCN(C(=O)OC(C)(C)C)CC1. The van der Waals surface area contributed by atoms with Crippen molar-refractivity contribution in [1.82, 2.24) is 4.90 Å². The molecule has 0 aliphatic carbocycles. The molecule has 4 nitrogen and oxygen atoms in total. The molecule has 1 aromatic rings. The number of nitrogens with one attached hydrogen (secondary N) is 1. The van der Waals surface area contributed by atoms with Crippen LogP contribution in [-0.2, 0) is 4.74 Å². The number of rotatable bonds is 3. The standard InChI is InChI=1S/C18H27BrN2O2/c1-13-15(19)6-5-7-16(13)20-12-14-8-10-21(11-9-14)17(22)23-18(2,3)4/h5-7,14,20H,8-12H2,1-4H3. The number of carbonyl (C=O) groups is 1. The van der Waals surface area contributed by atoms with Crippen LogP contribution in [0.15, 0.2) is 22.7 Å².